The fourth-order valence-electron chi connectivity index (χ4n) is 2.39. The molecule has 3 aromatic rings. The smallest absolute Gasteiger partial charge is 0.172 e. The third kappa shape index (κ3) is 3.47. The van der Waals surface area contributed by atoms with Gasteiger partial charge >= 0.3 is 0 Å². The molecule has 6 nitrogen and oxygen atoms in total. The van der Waals surface area contributed by atoms with E-state index >= 15 is 0 Å². The normalized spacial score (nSPS) is 10.4. The van der Waals surface area contributed by atoms with Crippen LogP contribution in [0.5, 0.6) is 28.7 Å². The van der Waals surface area contributed by atoms with Crippen LogP contribution in [0.4, 0.5) is 0 Å². The van der Waals surface area contributed by atoms with Gasteiger partial charge in [0, 0.05) is 11.6 Å². The summed E-state index contributed by atoms with van der Waals surface area (Å²) < 4.78 is 16.4. The highest BCUT2D eigenvalue weighted by atomic mass is 16.5. The number of aromatic nitrogens is 2. The van der Waals surface area contributed by atoms with E-state index in [-0.39, 0.29) is 5.75 Å². The molecule has 0 saturated heterocycles. The van der Waals surface area contributed by atoms with E-state index in [1.54, 1.807) is 51.6 Å². The maximum atomic E-state index is 10.3. The van der Waals surface area contributed by atoms with E-state index < -0.39 is 0 Å². The number of phenolic OH excluding ortho intramolecular Hbond substituents is 1. The quantitative estimate of drug-likeness (QED) is 0.759. The summed E-state index contributed by atoms with van der Waals surface area (Å²) in [5, 5.41) is 10.3. The number of aromatic hydroxyl groups is 1. The molecule has 0 atom stereocenters. The average molecular weight is 338 g/mol. The molecule has 128 valence electrons. The molecule has 0 bridgehead atoms. The number of rotatable bonds is 5. The van der Waals surface area contributed by atoms with Crippen LogP contribution in [0.2, 0.25) is 0 Å². The van der Waals surface area contributed by atoms with Crippen molar-refractivity contribution in [3.8, 4) is 40.0 Å². The summed E-state index contributed by atoms with van der Waals surface area (Å²) in [6, 6.07) is 12.3. The van der Waals surface area contributed by atoms with Crippen LogP contribution in [-0.4, -0.2) is 29.3 Å². The number of para-hydroxylation sites is 2. The van der Waals surface area contributed by atoms with E-state index in [2.05, 4.69) is 9.97 Å². The maximum absolute atomic E-state index is 10.3. The number of phenols is 1. The van der Waals surface area contributed by atoms with Gasteiger partial charge in [0.1, 0.15) is 23.0 Å². The topological polar surface area (TPSA) is 73.7 Å². The van der Waals surface area contributed by atoms with Crippen molar-refractivity contribution in [3.05, 3.63) is 54.5 Å². The van der Waals surface area contributed by atoms with Gasteiger partial charge in [0.05, 0.1) is 20.4 Å². The zero-order valence-corrected chi connectivity index (χ0v) is 14.2. The van der Waals surface area contributed by atoms with Crippen LogP contribution < -0.4 is 14.2 Å². The lowest BCUT2D eigenvalue weighted by atomic mass is 10.1. The first-order valence-corrected chi connectivity index (χ1v) is 7.64. The molecule has 1 heterocycles. The SMILES string of the molecule is COc1ccc(-c2nc(C)ncc2Oc2ccccc2OC)c(O)c1. The number of hydrogen-bond acceptors (Lipinski definition) is 6. The molecule has 0 amide bonds. The van der Waals surface area contributed by atoms with Gasteiger partial charge in [-0.15, -0.1) is 0 Å². The van der Waals surface area contributed by atoms with Crippen molar-refractivity contribution in [2.24, 2.45) is 0 Å². The minimum Gasteiger partial charge on any atom is -0.507 e. The highest BCUT2D eigenvalue weighted by Gasteiger charge is 2.16. The summed E-state index contributed by atoms with van der Waals surface area (Å²) in [7, 11) is 3.11. The predicted molar refractivity (Wildman–Crippen MR) is 93.5 cm³/mol. The van der Waals surface area contributed by atoms with Gasteiger partial charge in [-0.3, -0.25) is 0 Å². The second-order valence-electron chi connectivity index (χ2n) is 5.27. The molecule has 1 N–H and O–H groups in total. The lowest BCUT2D eigenvalue weighted by Gasteiger charge is -2.14. The molecule has 0 aliphatic rings. The molecule has 1 aromatic heterocycles. The van der Waals surface area contributed by atoms with Crippen molar-refractivity contribution in [1.82, 2.24) is 9.97 Å². The van der Waals surface area contributed by atoms with E-state index in [1.807, 2.05) is 12.1 Å². The monoisotopic (exact) mass is 338 g/mol. The molecular formula is C19H18N2O4. The number of aryl methyl sites for hydroxylation is 1. The van der Waals surface area contributed by atoms with E-state index in [0.29, 0.717) is 40.1 Å². The molecule has 6 heteroatoms. The van der Waals surface area contributed by atoms with Gasteiger partial charge in [-0.2, -0.15) is 0 Å². The van der Waals surface area contributed by atoms with Gasteiger partial charge in [0.15, 0.2) is 17.2 Å². The molecule has 0 spiro atoms. The van der Waals surface area contributed by atoms with Gasteiger partial charge < -0.3 is 19.3 Å². The van der Waals surface area contributed by atoms with Crippen molar-refractivity contribution in [2.45, 2.75) is 6.92 Å². The first-order valence-electron chi connectivity index (χ1n) is 7.64. The summed E-state index contributed by atoms with van der Waals surface area (Å²) in [6.07, 6.45) is 1.58. The average Bonchev–Trinajstić information content (AvgIpc) is 2.63. The summed E-state index contributed by atoms with van der Waals surface area (Å²) in [5.41, 5.74) is 1.01. The van der Waals surface area contributed by atoms with Gasteiger partial charge in [0.2, 0.25) is 0 Å². The summed E-state index contributed by atoms with van der Waals surface area (Å²) in [4.78, 5) is 8.63. The van der Waals surface area contributed by atoms with Gasteiger partial charge in [-0.1, -0.05) is 12.1 Å². The van der Waals surface area contributed by atoms with Crippen LogP contribution in [0.25, 0.3) is 11.3 Å². The summed E-state index contributed by atoms with van der Waals surface area (Å²) in [5.74, 6) is 2.70. The third-order valence-corrected chi connectivity index (χ3v) is 3.62. The van der Waals surface area contributed by atoms with E-state index in [4.69, 9.17) is 14.2 Å². The first kappa shape index (κ1) is 16.6. The number of benzene rings is 2. The highest BCUT2D eigenvalue weighted by molar-refractivity contribution is 5.73. The zero-order valence-electron chi connectivity index (χ0n) is 14.2. The lowest BCUT2D eigenvalue weighted by Crippen LogP contribution is -1.97. The number of ether oxygens (including phenoxy) is 3. The molecule has 0 aliphatic heterocycles. The standard InChI is InChI=1S/C19H18N2O4/c1-12-20-11-18(25-17-7-5-4-6-16(17)24-3)19(21-12)14-9-8-13(23-2)10-15(14)22/h4-11,22H,1-3H3. The van der Waals surface area contributed by atoms with Crippen molar-refractivity contribution in [1.29, 1.82) is 0 Å². The van der Waals surface area contributed by atoms with E-state index in [1.165, 1.54) is 6.07 Å². The Morgan fingerprint density at radius 3 is 2.36 bits per heavy atom. The predicted octanol–water partition coefficient (Wildman–Crippen LogP) is 3.97. The largest absolute Gasteiger partial charge is 0.507 e. The van der Waals surface area contributed by atoms with Crippen LogP contribution in [0.15, 0.2) is 48.7 Å². The lowest BCUT2D eigenvalue weighted by molar-refractivity contribution is 0.378. The second-order valence-corrected chi connectivity index (χ2v) is 5.27. The Morgan fingerprint density at radius 1 is 0.920 bits per heavy atom. The van der Waals surface area contributed by atoms with E-state index in [0.717, 1.165) is 0 Å². The molecule has 0 saturated carbocycles. The number of nitrogens with zero attached hydrogens (tertiary/aromatic N) is 2. The fourth-order valence-corrected chi connectivity index (χ4v) is 2.39. The molecule has 25 heavy (non-hydrogen) atoms. The minimum absolute atomic E-state index is 0.0438. The van der Waals surface area contributed by atoms with Gasteiger partial charge in [0.25, 0.3) is 0 Å². The van der Waals surface area contributed by atoms with Crippen LogP contribution in [0, 0.1) is 6.92 Å². The van der Waals surface area contributed by atoms with Gasteiger partial charge in [-0.25, -0.2) is 9.97 Å². The molecule has 3 rings (SSSR count). The molecule has 0 unspecified atom stereocenters. The van der Waals surface area contributed by atoms with Crippen molar-refractivity contribution in [3.63, 3.8) is 0 Å². The molecule has 0 aliphatic carbocycles. The Kier molecular flexibility index (Phi) is 4.70. The van der Waals surface area contributed by atoms with Crippen LogP contribution in [0.1, 0.15) is 5.82 Å². The Morgan fingerprint density at radius 2 is 1.68 bits per heavy atom. The molecule has 0 radical (unpaired) electrons. The summed E-state index contributed by atoms with van der Waals surface area (Å²) >= 11 is 0. The number of hydrogen-bond donors (Lipinski definition) is 1. The third-order valence-electron chi connectivity index (χ3n) is 3.62. The number of methoxy groups -OCH3 is 2. The molecule has 2 aromatic carbocycles. The van der Waals surface area contributed by atoms with Crippen LogP contribution >= 0.6 is 0 Å². The highest BCUT2D eigenvalue weighted by Crippen LogP contribution is 2.39. The van der Waals surface area contributed by atoms with Crippen LogP contribution in [0.3, 0.4) is 0 Å². The Balaban J connectivity index is 2.07. The fraction of sp³-hybridized carbons (Fsp3) is 0.158. The van der Waals surface area contributed by atoms with Crippen LogP contribution in [-0.2, 0) is 0 Å². The Labute approximate surface area is 145 Å². The second kappa shape index (κ2) is 7.09. The van der Waals surface area contributed by atoms with Crippen molar-refractivity contribution >= 4 is 0 Å². The van der Waals surface area contributed by atoms with E-state index in [9.17, 15) is 5.11 Å². The van der Waals surface area contributed by atoms with Crippen molar-refractivity contribution < 1.29 is 19.3 Å². The first-order chi connectivity index (χ1) is 12.1. The molecular weight excluding hydrogens is 320 g/mol. The Hall–Kier alpha value is -3.28. The maximum Gasteiger partial charge on any atom is 0.172 e. The zero-order chi connectivity index (χ0) is 17.8. The molecule has 0 fully saturated rings. The van der Waals surface area contributed by atoms with Crippen molar-refractivity contribution in [2.75, 3.05) is 14.2 Å². The Bertz CT molecular complexity index is 896. The summed E-state index contributed by atoms with van der Waals surface area (Å²) in [6.45, 7) is 1.77. The minimum atomic E-state index is 0.0438. The van der Waals surface area contributed by atoms with Gasteiger partial charge in [-0.05, 0) is 31.2 Å².